The molecule has 0 aliphatic heterocycles. The Labute approximate surface area is 140 Å². The maximum atomic E-state index is 3.86. The van der Waals surface area contributed by atoms with E-state index < -0.39 is 0 Å². The number of hydrogen-bond donors (Lipinski definition) is 0. The summed E-state index contributed by atoms with van der Waals surface area (Å²) in [7, 11) is 0. The molecule has 0 aromatic carbocycles. The lowest BCUT2D eigenvalue weighted by Gasteiger charge is -1.93. The van der Waals surface area contributed by atoms with E-state index in [1.54, 1.807) is 0 Å². The average Bonchev–Trinajstić information content (AvgIpc) is 2.54. The molecule has 0 spiro atoms. The second kappa shape index (κ2) is 20.0. The van der Waals surface area contributed by atoms with Crippen LogP contribution in [0, 0.1) is 6.92 Å². The van der Waals surface area contributed by atoms with Crippen LogP contribution in [0.1, 0.15) is 84.0 Å². The Morgan fingerprint density at radius 1 is 0.545 bits per heavy atom. The first-order chi connectivity index (χ1) is 10.9. The summed E-state index contributed by atoms with van der Waals surface area (Å²) in [4.78, 5) is 0. The lowest BCUT2D eigenvalue weighted by molar-refractivity contribution is 0.694. The molecule has 0 bridgehead atoms. The molecule has 22 heavy (non-hydrogen) atoms. The number of unbranched alkanes of at least 4 members (excludes halogenated alkanes) is 7. The van der Waals surface area contributed by atoms with Gasteiger partial charge in [0.05, 0.1) is 0 Å². The quantitative estimate of drug-likeness (QED) is 0.214. The van der Waals surface area contributed by atoms with Crippen LogP contribution in [-0.2, 0) is 0 Å². The van der Waals surface area contributed by atoms with E-state index >= 15 is 0 Å². The van der Waals surface area contributed by atoms with E-state index in [1.165, 1.54) is 51.4 Å². The normalized spacial score (nSPS) is 12.6. The predicted molar refractivity (Wildman–Crippen MR) is 103 cm³/mol. The molecular formula is C22H37. The smallest absolute Gasteiger partial charge is 0.0169 e. The third kappa shape index (κ3) is 19.0. The van der Waals surface area contributed by atoms with Crippen LogP contribution in [0.4, 0.5) is 0 Å². The molecule has 1 radical (unpaired) electrons. The Hall–Kier alpha value is -1.04. The van der Waals surface area contributed by atoms with Gasteiger partial charge in [0.25, 0.3) is 0 Å². The minimum absolute atomic E-state index is 1.06. The summed E-state index contributed by atoms with van der Waals surface area (Å²) >= 11 is 0. The van der Waals surface area contributed by atoms with Crippen molar-refractivity contribution < 1.29 is 0 Å². The molecular weight excluding hydrogens is 264 g/mol. The molecule has 0 saturated carbocycles. The van der Waals surface area contributed by atoms with Crippen LogP contribution in [0.2, 0.25) is 0 Å². The monoisotopic (exact) mass is 301 g/mol. The zero-order valence-electron chi connectivity index (χ0n) is 14.8. The van der Waals surface area contributed by atoms with Gasteiger partial charge in [-0.3, -0.25) is 0 Å². The largest absolute Gasteiger partial charge is 0.0882 e. The van der Waals surface area contributed by atoms with Gasteiger partial charge in [-0.1, -0.05) is 94.6 Å². The van der Waals surface area contributed by atoms with Crippen molar-refractivity contribution in [2.24, 2.45) is 0 Å². The molecule has 0 nitrogen and oxygen atoms in total. The minimum Gasteiger partial charge on any atom is -0.0882 e. The Kier molecular flexibility index (Phi) is 19.0. The summed E-state index contributed by atoms with van der Waals surface area (Å²) < 4.78 is 0. The summed E-state index contributed by atoms with van der Waals surface area (Å²) in [5, 5.41) is 0. The van der Waals surface area contributed by atoms with E-state index in [-0.39, 0.29) is 0 Å². The highest BCUT2D eigenvalue weighted by Crippen LogP contribution is 2.03. The van der Waals surface area contributed by atoms with Crippen LogP contribution in [0.5, 0.6) is 0 Å². The minimum atomic E-state index is 1.06. The Bertz CT molecular complexity index is 304. The van der Waals surface area contributed by atoms with Crippen LogP contribution in [0.25, 0.3) is 0 Å². The first-order valence-electron chi connectivity index (χ1n) is 9.31. The molecule has 0 unspecified atom stereocenters. The highest BCUT2D eigenvalue weighted by molar-refractivity contribution is 4.99. The second-order valence-electron chi connectivity index (χ2n) is 5.79. The van der Waals surface area contributed by atoms with E-state index in [4.69, 9.17) is 0 Å². The molecule has 0 aliphatic carbocycles. The first-order valence-corrected chi connectivity index (χ1v) is 9.31. The van der Waals surface area contributed by atoms with Crippen molar-refractivity contribution in [1.82, 2.24) is 0 Å². The molecule has 0 aliphatic rings. The van der Waals surface area contributed by atoms with Gasteiger partial charge >= 0.3 is 0 Å². The maximum Gasteiger partial charge on any atom is -0.0169 e. The van der Waals surface area contributed by atoms with Crippen molar-refractivity contribution in [3.63, 3.8) is 0 Å². The van der Waals surface area contributed by atoms with E-state index in [0.29, 0.717) is 0 Å². The molecule has 0 atom stereocenters. The fraction of sp³-hybridized carbons (Fsp3) is 0.591. The zero-order valence-corrected chi connectivity index (χ0v) is 14.8. The van der Waals surface area contributed by atoms with Crippen molar-refractivity contribution in [3.8, 4) is 0 Å². The van der Waals surface area contributed by atoms with Gasteiger partial charge in [-0.25, -0.2) is 0 Å². The zero-order chi connectivity index (χ0) is 16.1. The molecule has 0 rings (SSSR count). The molecule has 0 fully saturated rings. The number of hydrogen-bond acceptors (Lipinski definition) is 0. The van der Waals surface area contributed by atoms with Gasteiger partial charge < -0.3 is 0 Å². The van der Waals surface area contributed by atoms with Crippen LogP contribution in [-0.4, -0.2) is 0 Å². The molecule has 0 aromatic heterocycles. The summed E-state index contributed by atoms with van der Waals surface area (Å²) in [6.07, 6.45) is 32.9. The fourth-order valence-corrected chi connectivity index (χ4v) is 2.18. The third-order valence-electron chi connectivity index (χ3n) is 3.58. The highest BCUT2D eigenvalue weighted by atomic mass is 13.9. The molecule has 125 valence electrons. The van der Waals surface area contributed by atoms with E-state index in [2.05, 4.69) is 62.5 Å². The average molecular weight is 302 g/mol. The fourth-order valence-electron chi connectivity index (χ4n) is 2.18. The molecule has 0 heteroatoms. The van der Waals surface area contributed by atoms with E-state index in [9.17, 15) is 0 Å². The topological polar surface area (TPSA) is 0 Å². The van der Waals surface area contributed by atoms with Gasteiger partial charge in [0.1, 0.15) is 0 Å². The summed E-state index contributed by atoms with van der Waals surface area (Å²) in [5.41, 5.74) is 0. The van der Waals surface area contributed by atoms with Gasteiger partial charge in [0.15, 0.2) is 0 Å². The van der Waals surface area contributed by atoms with Crippen LogP contribution < -0.4 is 0 Å². The van der Waals surface area contributed by atoms with Crippen molar-refractivity contribution in [1.29, 1.82) is 0 Å². The lowest BCUT2D eigenvalue weighted by atomic mass is 10.1. The molecule has 0 saturated heterocycles. The van der Waals surface area contributed by atoms with Gasteiger partial charge in [-0.15, -0.1) is 0 Å². The number of rotatable bonds is 15. The summed E-state index contributed by atoms with van der Waals surface area (Å²) in [5.74, 6) is 0. The maximum absolute atomic E-state index is 3.86. The Morgan fingerprint density at radius 2 is 1.00 bits per heavy atom. The van der Waals surface area contributed by atoms with Crippen molar-refractivity contribution in [2.45, 2.75) is 84.0 Å². The van der Waals surface area contributed by atoms with Gasteiger partial charge in [-0.05, 0) is 44.9 Å². The summed E-state index contributed by atoms with van der Waals surface area (Å²) in [6.45, 7) is 6.11. The molecule has 0 heterocycles. The van der Waals surface area contributed by atoms with Crippen molar-refractivity contribution in [2.75, 3.05) is 0 Å². The van der Waals surface area contributed by atoms with Gasteiger partial charge in [0, 0.05) is 0 Å². The summed E-state index contributed by atoms with van der Waals surface area (Å²) in [6, 6.07) is 0. The second-order valence-corrected chi connectivity index (χ2v) is 5.79. The number of allylic oxidation sites excluding steroid dienone is 8. The van der Waals surface area contributed by atoms with Crippen LogP contribution in [0.3, 0.4) is 0 Å². The Balaban J connectivity index is 3.35. The molecule has 0 aromatic rings. The first kappa shape index (κ1) is 21.0. The van der Waals surface area contributed by atoms with Crippen LogP contribution >= 0.6 is 0 Å². The predicted octanol–water partition coefficient (Wildman–Crippen LogP) is 7.75. The van der Waals surface area contributed by atoms with Gasteiger partial charge in [-0.2, -0.15) is 0 Å². The van der Waals surface area contributed by atoms with E-state index in [0.717, 1.165) is 25.7 Å². The van der Waals surface area contributed by atoms with Crippen LogP contribution in [0.15, 0.2) is 48.6 Å². The van der Waals surface area contributed by atoms with E-state index in [1.807, 2.05) is 0 Å². The third-order valence-corrected chi connectivity index (χ3v) is 3.58. The SMILES string of the molecule is [CH2]CCCCCC=CCC=CCC=CCC=CCCCCC. The molecule has 0 amide bonds. The van der Waals surface area contributed by atoms with Crippen molar-refractivity contribution >= 4 is 0 Å². The van der Waals surface area contributed by atoms with Gasteiger partial charge in [0.2, 0.25) is 0 Å². The lowest BCUT2D eigenvalue weighted by Crippen LogP contribution is -1.73. The highest BCUT2D eigenvalue weighted by Gasteiger charge is 1.83. The standard InChI is InChI=1S/C22H37/c1-3-5-7-9-11-13-15-17-19-21-22-20-18-16-14-12-10-8-6-4-2/h12-15,18-21H,1,3-11,16-17,22H2,2H3. The molecule has 0 N–H and O–H groups in total. The Morgan fingerprint density at radius 3 is 1.45 bits per heavy atom. The van der Waals surface area contributed by atoms with Crippen molar-refractivity contribution in [3.05, 3.63) is 55.5 Å².